The van der Waals surface area contributed by atoms with Crippen molar-refractivity contribution in [3.05, 3.63) is 12.2 Å². The highest BCUT2D eigenvalue weighted by Crippen LogP contribution is 2.31. The van der Waals surface area contributed by atoms with Gasteiger partial charge in [0.25, 0.3) is 0 Å². The van der Waals surface area contributed by atoms with Crippen molar-refractivity contribution in [2.24, 2.45) is 17.8 Å². The van der Waals surface area contributed by atoms with Crippen LogP contribution in [0.5, 0.6) is 0 Å². The largest absolute Gasteiger partial charge is 0.458 e. The van der Waals surface area contributed by atoms with Gasteiger partial charge in [0.1, 0.15) is 11.9 Å². The van der Waals surface area contributed by atoms with Gasteiger partial charge in [-0.05, 0) is 44.6 Å². The van der Waals surface area contributed by atoms with Gasteiger partial charge in [-0.2, -0.15) is 0 Å². The molecule has 3 aliphatic rings. The van der Waals surface area contributed by atoms with Gasteiger partial charge in [0.05, 0.1) is 5.92 Å². The van der Waals surface area contributed by atoms with E-state index in [4.69, 9.17) is 4.74 Å². The van der Waals surface area contributed by atoms with Crippen LogP contribution >= 0.6 is 0 Å². The average molecular weight is 318 g/mol. The van der Waals surface area contributed by atoms with E-state index in [0.717, 1.165) is 51.4 Å². The molecule has 3 rings (SSSR count). The first-order chi connectivity index (χ1) is 11.2. The Balaban J connectivity index is 1.47. The van der Waals surface area contributed by atoms with Crippen LogP contribution in [0.2, 0.25) is 0 Å². The fourth-order valence-electron chi connectivity index (χ4n) is 4.40. The number of carbonyl (C=O) groups is 2. The van der Waals surface area contributed by atoms with E-state index in [0.29, 0.717) is 5.78 Å². The summed E-state index contributed by atoms with van der Waals surface area (Å²) in [6.07, 6.45) is 16.9. The van der Waals surface area contributed by atoms with Crippen molar-refractivity contribution < 1.29 is 14.3 Å². The van der Waals surface area contributed by atoms with Gasteiger partial charge < -0.3 is 4.74 Å². The van der Waals surface area contributed by atoms with Gasteiger partial charge in [0.15, 0.2) is 0 Å². The summed E-state index contributed by atoms with van der Waals surface area (Å²) in [4.78, 5) is 24.8. The van der Waals surface area contributed by atoms with Gasteiger partial charge in [-0.25, -0.2) is 0 Å². The number of ether oxygens (including phenoxy) is 1. The fraction of sp³-hybridized carbons (Fsp3) is 0.800. The van der Waals surface area contributed by atoms with Crippen molar-refractivity contribution in [3.8, 4) is 0 Å². The van der Waals surface area contributed by atoms with Crippen LogP contribution in [-0.2, 0) is 14.3 Å². The summed E-state index contributed by atoms with van der Waals surface area (Å²) >= 11 is 0. The molecule has 0 N–H and O–H groups in total. The lowest BCUT2D eigenvalue weighted by molar-refractivity contribution is -0.153. The fourth-order valence-corrected chi connectivity index (χ4v) is 4.40. The Morgan fingerprint density at radius 2 is 1.30 bits per heavy atom. The molecular weight excluding hydrogens is 288 g/mol. The molecule has 0 aromatic carbocycles. The van der Waals surface area contributed by atoms with Crippen LogP contribution < -0.4 is 0 Å². The minimum absolute atomic E-state index is 0.0172. The first-order valence-electron chi connectivity index (χ1n) is 9.66. The van der Waals surface area contributed by atoms with E-state index < -0.39 is 0 Å². The SMILES string of the molecule is O=C(OC1C=CC(C(=O)C2CCCCC2)CC1)C1CCCCC1. The summed E-state index contributed by atoms with van der Waals surface area (Å²) in [7, 11) is 0. The predicted molar refractivity (Wildman–Crippen MR) is 89.9 cm³/mol. The Morgan fingerprint density at radius 1 is 0.696 bits per heavy atom. The smallest absolute Gasteiger partial charge is 0.309 e. The van der Waals surface area contributed by atoms with Gasteiger partial charge in [-0.1, -0.05) is 44.6 Å². The van der Waals surface area contributed by atoms with Crippen LogP contribution in [0.25, 0.3) is 0 Å². The first kappa shape index (κ1) is 16.7. The van der Waals surface area contributed by atoms with Crippen molar-refractivity contribution in [1.82, 2.24) is 0 Å². The molecule has 23 heavy (non-hydrogen) atoms. The standard InChI is InChI=1S/C20H30O3/c21-19(15-7-3-1-4-8-15)16-11-13-18(14-12-16)23-20(22)17-9-5-2-6-10-17/h11,13,15-18H,1-10,12,14H2. The van der Waals surface area contributed by atoms with Gasteiger partial charge >= 0.3 is 5.97 Å². The normalized spacial score (nSPS) is 30.1. The monoisotopic (exact) mass is 318 g/mol. The second kappa shape index (κ2) is 8.12. The van der Waals surface area contributed by atoms with E-state index in [2.05, 4.69) is 0 Å². The molecule has 0 aromatic rings. The molecule has 0 radical (unpaired) electrons. The zero-order chi connectivity index (χ0) is 16.1. The molecule has 0 aromatic heterocycles. The Hall–Kier alpha value is -1.12. The zero-order valence-corrected chi connectivity index (χ0v) is 14.2. The van der Waals surface area contributed by atoms with Crippen LogP contribution in [0.4, 0.5) is 0 Å². The quantitative estimate of drug-likeness (QED) is 0.562. The lowest BCUT2D eigenvalue weighted by Crippen LogP contribution is -2.30. The summed E-state index contributed by atoms with van der Waals surface area (Å²) in [6.45, 7) is 0. The minimum atomic E-state index is -0.111. The van der Waals surface area contributed by atoms with E-state index >= 15 is 0 Å². The van der Waals surface area contributed by atoms with Crippen LogP contribution in [0.3, 0.4) is 0 Å². The predicted octanol–water partition coefficient (Wildman–Crippen LogP) is 4.59. The molecule has 0 heterocycles. The average Bonchev–Trinajstić information content (AvgIpc) is 2.63. The molecule has 2 unspecified atom stereocenters. The van der Waals surface area contributed by atoms with Crippen molar-refractivity contribution >= 4 is 11.8 Å². The Bertz CT molecular complexity index is 442. The molecule has 2 fully saturated rings. The van der Waals surface area contributed by atoms with E-state index in [9.17, 15) is 9.59 Å². The summed E-state index contributed by atoms with van der Waals surface area (Å²) in [5, 5.41) is 0. The Morgan fingerprint density at radius 3 is 1.87 bits per heavy atom. The van der Waals surface area contributed by atoms with Crippen molar-refractivity contribution in [3.63, 3.8) is 0 Å². The number of Topliss-reactive ketones (excluding diaryl/α,β-unsaturated/α-hetero) is 1. The van der Waals surface area contributed by atoms with E-state index in [1.54, 1.807) is 0 Å². The highest BCUT2D eigenvalue weighted by Gasteiger charge is 2.30. The van der Waals surface area contributed by atoms with Gasteiger partial charge in [0, 0.05) is 11.8 Å². The lowest BCUT2D eigenvalue weighted by Gasteiger charge is -2.28. The van der Waals surface area contributed by atoms with Gasteiger partial charge in [0.2, 0.25) is 0 Å². The molecule has 128 valence electrons. The summed E-state index contributed by atoms with van der Waals surface area (Å²) in [6, 6.07) is 0. The first-order valence-corrected chi connectivity index (χ1v) is 9.66. The van der Waals surface area contributed by atoms with Crippen LogP contribution in [0.15, 0.2) is 12.2 Å². The maximum Gasteiger partial charge on any atom is 0.309 e. The summed E-state index contributed by atoms with van der Waals surface area (Å²) < 4.78 is 5.67. The van der Waals surface area contributed by atoms with Crippen molar-refractivity contribution in [1.29, 1.82) is 0 Å². The number of carbonyl (C=O) groups excluding carboxylic acids is 2. The second-order valence-electron chi connectivity index (χ2n) is 7.62. The third-order valence-corrected chi connectivity index (χ3v) is 5.90. The molecule has 0 saturated heterocycles. The van der Waals surface area contributed by atoms with E-state index in [1.807, 2.05) is 12.2 Å². The number of esters is 1. The second-order valence-corrected chi connectivity index (χ2v) is 7.62. The number of hydrogen-bond acceptors (Lipinski definition) is 3. The summed E-state index contributed by atoms with van der Waals surface area (Å²) in [5.74, 6) is 0.857. The molecule has 3 heteroatoms. The van der Waals surface area contributed by atoms with Gasteiger partial charge in [-0.3, -0.25) is 9.59 Å². The van der Waals surface area contributed by atoms with Crippen molar-refractivity contribution in [2.75, 3.05) is 0 Å². The lowest BCUT2D eigenvalue weighted by atomic mass is 9.78. The number of hydrogen-bond donors (Lipinski definition) is 0. The number of allylic oxidation sites excluding steroid dienone is 1. The van der Waals surface area contributed by atoms with Gasteiger partial charge in [-0.15, -0.1) is 0 Å². The van der Waals surface area contributed by atoms with Crippen LogP contribution in [0, 0.1) is 17.8 Å². The van der Waals surface area contributed by atoms with E-state index in [-0.39, 0.29) is 29.8 Å². The van der Waals surface area contributed by atoms with Crippen LogP contribution in [-0.4, -0.2) is 17.9 Å². The van der Waals surface area contributed by atoms with Crippen molar-refractivity contribution in [2.45, 2.75) is 83.2 Å². The number of ketones is 1. The molecule has 3 nitrogen and oxygen atoms in total. The minimum Gasteiger partial charge on any atom is -0.458 e. The van der Waals surface area contributed by atoms with Crippen LogP contribution in [0.1, 0.15) is 77.0 Å². The third-order valence-electron chi connectivity index (χ3n) is 5.90. The molecule has 3 aliphatic carbocycles. The summed E-state index contributed by atoms with van der Waals surface area (Å²) in [5.41, 5.74) is 0. The molecular formula is C20H30O3. The zero-order valence-electron chi connectivity index (χ0n) is 14.2. The maximum absolute atomic E-state index is 12.6. The van der Waals surface area contributed by atoms with E-state index in [1.165, 1.54) is 25.7 Å². The molecule has 0 spiro atoms. The molecule has 0 amide bonds. The molecule has 2 saturated carbocycles. The number of rotatable bonds is 4. The highest BCUT2D eigenvalue weighted by molar-refractivity contribution is 5.85. The molecule has 0 aliphatic heterocycles. The Labute approximate surface area is 139 Å². The Kier molecular flexibility index (Phi) is 5.91. The third kappa shape index (κ3) is 4.45. The highest BCUT2D eigenvalue weighted by atomic mass is 16.5. The topological polar surface area (TPSA) is 43.4 Å². The maximum atomic E-state index is 12.6. The molecule has 2 atom stereocenters. The molecule has 0 bridgehead atoms.